The third-order valence-electron chi connectivity index (χ3n) is 1.80. The van der Waals surface area contributed by atoms with Crippen molar-refractivity contribution in [1.82, 2.24) is 15.3 Å². The van der Waals surface area contributed by atoms with Crippen LogP contribution in [0.2, 0.25) is 0 Å². The summed E-state index contributed by atoms with van der Waals surface area (Å²) < 4.78 is 0. The van der Waals surface area contributed by atoms with E-state index in [-0.39, 0.29) is 0 Å². The summed E-state index contributed by atoms with van der Waals surface area (Å²) in [5.74, 6) is 0.291. The van der Waals surface area contributed by atoms with Gasteiger partial charge >= 0.3 is 0 Å². The number of primary amides is 1. The largest absolute Gasteiger partial charge is 0.368 e. The Morgan fingerprint density at radius 3 is 3.33 bits per heavy atom. The van der Waals surface area contributed by atoms with E-state index < -0.39 is 11.9 Å². The van der Waals surface area contributed by atoms with Crippen LogP contribution in [-0.4, -0.2) is 22.5 Å². The van der Waals surface area contributed by atoms with Crippen molar-refractivity contribution in [3.05, 3.63) is 12.0 Å². The van der Waals surface area contributed by atoms with E-state index in [4.69, 9.17) is 5.73 Å². The minimum atomic E-state index is -0.455. The maximum absolute atomic E-state index is 10.9. The first-order chi connectivity index (χ1) is 5.79. The quantitative estimate of drug-likeness (QED) is 0.427. The van der Waals surface area contributed by atoms with E-state index in [1.54, 1.807) is 0 Å². The molecule has 1 aliphatic heterocycles. The summed E-state index contributed by atoms with van der Waals surface area (Å²) in [6.07, 6.45) is 1.53. The standard InChI is InChI=1S/C6H9N5O/c7-5(12)3-4-6(10-1-8-3)11-2-9-4/h2-3,8,10H,1H2,(H2,7,12)(H,9,11). The first-order valence-electron chi connectivity index (χ1n) is 3.59. The van der Waals surface area contributed by atoms with Crippen LogP contribution >= 0.6 is 0 Å². The van der Waals surface area contributed by atoms with E-state index in [0.29, 0.717) is 18.2 Å². The molecule has 5 N–H and O–H groups in total. The first-order valence-corrected chi connectivity index (χ1v) is 3.59. The molecule has 0 fully saturated rings. The zero-order chi connectivity index (χ0) is 8.55. The molecule has 0 aliphatic carbocycles. The van der Waals surface area contributed by atoms with Crippen LogP contribution in [0.5, 0.6) is 0 Å². The maximum atomic E-state index is 10.9. The average Bonchev–Trinajstić information content (AvgIpc) is 2.49. The number of aromatic nitrogens is 2. The van der Waals surface area contributed by atoms with Gasteiger partial charge in [0.05, 0.1) is 18.7 Å². The van der Waals surface area contributed by atoms with Gasteiger partial charge in [0.2, 0.25) is 5.91 Å². The smallest absolute Gasteiger partial charge is 0.240 e. The van der Waals surface area contributed by atoms with E-state index in [2.05, 4.69) is 20.6 Å². The molecule has 0 aromatic carbocycles. The molecule has 1 atom stereocenters. The molecule has 0 saturated carbocycles. The number of nitrogens with two attached hydrogens (primary N) is 1. The van der Waals surface area contributed by atoms with Crippen LogP contribution in [0.4, 0.5) is 5.82 Å². The lowest BCUT2D eigenvalue weighted by atomic mass is 10.2. The molecular formula is C6H9N5O. The van der Waals surface area contributed by atoms with Crippen LogP contribution in [-0.2, 0) is 4.79 Å². The molecule has 6 nitrogen and oxygen atoms in total. The summed E-state index contributed by atoms with van der Waals surface area (Å²) in [6, 6.07) is -0.455. The van der Waals surface area contributed by atoms with Crippen LogP contribution < -0.4 is 16.4 Å². The summed E-state index contributed by atoms with van der Waals surface area (Å²) in [5.41, 5.74) is 5.87. The van der Waals surface area contributed by atoms with Crippen molar-refractivity contribution in [2.75, 3.05) is 12.0 Å². The number of anilines is 1. The second kappa shape index (κ2) is 2.49. The fraction of sp³-hybridized carbons (Fsp3) is 0.333. The zero-order valence-corrected chi connectivity index (χ0v) is 6.29. The lowest BCUT2D eigenvalue weighted by Crippen LogP contribution is -2.40. The number of nitrogens with zero attached hydrogens (tertiary/aromatic N) is 1. The van der Waals surface area contributed by atoms with Crippen LogP contribution in [0.25, 0.3) is 0 Å². The first kappa shape index (κ1) is 7.11. The Hall–Kier alpha value is -1.56. The molecule has 1 unspecified atom stereocenters. The van der Waals surface area contributed by atoms with Gasteiger partial charge in [0.15, 0.2) is 0 Å². The van der Waals surface area contributed by atoms with Crippen molar-refractivity contribution in [1.29, 1.82) is 0 Å². The predicted octanol–water partition coefficient (Wildman–Crippen LogP) is -1.09. The van der Waals surface area contributed by atoms with E-state index in [0.717, 1.165) is 0 Å². The Balaban J connectivity index is 2.37. The highest BCUT2D eigenvalue weighted by atomic mass is 16.1. The Kier molecular flexibility index (Phi) is 1.47. The number of hydrogen-bond donors (Lipinski definition) is 4. The number of carbonyl (C=O) groups excluding carboxylic acids is 1. The molecule has 1 aromatic heterocycles. The second-order valence-electron chi connectivity index (χ2n) is 2.56. The van der Waals surface area contributed by atoms with Gasteiger partial charge < -0.3 is 16.0 Å². The highest BCUT2D eigenvalue weighted by Gasteiger charge is 2.25. The Labute approximate surface area is 68.6 Å². The number of imidazole rings is 1. The molecule has 0 spiro atoms. The zero-order valence-electron chi connectivity index (χ0n) is 6.29. The van der Waals surface area contributed by atoms with Gasteiger partial charge in [-0.25, -0.2) is 4.98 Å². The molecule has 6 heteroatoms. The number of rotatable bonds is 1. The maximum Gasteiger partial charge on any atom is 0.240 e. The summed E-state index contributed by atoms with van der Waals surface area (Å²) in [5, 5.41) is 5.87. The van der Waals surface area contributed by atoms with Gasteiger partial charge in [-0.1, -0.05) is 0 Å². The van der Waals surface area contributed by atoms with Crippen LogP contribution in [0, 0.1) is 0 Å². The summed E-state index contributed by atoms with van der Waals surface area (Å²) in [7, 11) is 0. The number of fused-ring (bicyclic) bond motifs is 1. The van der Waals surface area contributed by atoms with Crippen molar-refractivity contribution in [2.45, 2.75) is 6.04 Å². The molecule has 2 heterocycles. The van der Waals surface area contributed by atoms with Crippen molar-refractivity contribution in [2.24, 2.45) is 5.73 Å². The van der Waals surface area contributed by atoms with E-state index in [9.17, 15) is 4.79 Å². The number of nitrogens with one attached hydrogen (secondary N) is 3. The van der Waals surface area contributed by atoms with Crippen LogP contribution in [0.15, 0.2) is 6.33 Å². The van der Waals surface area contributed by atoms with Crippen molar-refractivity contribution < 1.29 is 4.79 Å². The number of amides is 1. The van der Waals surface area contributed by atoms with Gasteiger partial charge in [0.25, 0.3) is 0 Å². The van der Waals surface area contributed by atoms with Gasteiger partial charge in [-0.2, -0.15) is 0 Å². The van der Waals surface area contributed by atoms with Gasteiger partial charge in [-0.15, -0.1) is 0 Å². The lowest BCUT2D eigenvalue weighted by molar-refractivity contribution is -0.120. The number of H-pyrrole nitrogens is 1. The van der Waals surface area contributed by atoms with Gasteiger partial charge in [0, 0.05) is 0 Å². The molecule has 12 heavy (non-hydrogen) atoms. The number of carbonyl (C=O) groups is 1. The van der Waals surface area contributed by atoms with Crippen molar-refractivity contribution in [3.8, 4) is 0 Å². The third kappa shape index (κ3) is 0.928. The normalized spacial score (nSPS) is 21.2. The van der Waals surface area contributed by atoms with Crippen molar-refractivity contribution >= 4 is 11.7 Å². The van der Waals surface area contributed by atoms with E-state index in [1.165, 1.54) is 6.33 Å². The Morgan fingerprint density at radius 2 is 2.58 bits per heavy atom. The average molecular weight is 167 g/mol. The molecule has 1 amide bonds. The molecule has 1 aromatic rings. The Bertz CT molecular complexity index is 307. The minimum Gasteiger partial charge on any atom is -0.368 e. The second-order valence-corrected chi connectivity index (χ2v) is 2.56. The topological polar surface area (TPSA) is 95.8 Å². The minimum absolute atomic E-state index is 0.401. The van der Waals surface area contributed by atoms with Gasteiger partial charge in [-0.3, -0.25) is 10.1 Å². The molecule has 1 aliphatic rings. The highest BCUT2D eigenvalue weighted by molar-refractivity contribution is 5.82. The fourth-order valence-electron chi connectivity index (χ4n) is 1.25. The van der Waals surface area contributed by atoms with Gasteiger partial charge in [-0.05, 0) is 0 Å². The molecular weight excluding hydrogens is 158 g/mol. The molecule has 0 bridgehead atoms. The molecule has 2 rings (SSSR count). The van der Waals surface area contributed by atoms with Crippen LogP contribution in [0.3, 0.4) is 0 Å². The summed E-state index contributed by atoms with van der Waals surface area (Å²) in [4.78, 5) is 17.7. The van der Waals surface area contributed by atoms with E-state index in [1.807, 2.05) is 0 Å². The number of hydrogen-bond acceptors (Lipinski definition) is 4. The molecule has 64 valence electrons. The predicted molar refractivity (Wildman–Crippen MR) is 42.1 cm³/mol. The van der Waals surface area contributed by atoms with E-state index >= 15 is 0 Å². The highest BCUT2D eigenvalue weighted by Crippen LogP contribution is 2.20. The third-order valence-corrected chi connectivity index (χ3v) is 1.80. The fourth-order valence-corrected chi connectivity index (χ4v) is 1.25. The summed E-state index contributed by atoms with van der Waals surface area (Å²) in [6.45, 7) is 0.505. The lowest BCUT2D eigenvalue weighted by Gasteiger charge is -2.21. The molecule has 0 radical (unpaired) electrons. The van der Waals surface area contributed by atoms with Gasteiger partial charge in [0.1, 0.15) is 11.9 Å². The summed E-state index contributed by atoms with van der Waals surface area (Å²) >= 11 is 0. The molecule has 0 saturated heterocycles. The van der Waals surface area contributed by atoms with Crippen LogP contribution in [0.1, 0.15) is 11.7 Å². The number of aromatic amines is 1. The SMILES string of the molecule is NC(=O)C1NCNc2nc[nH]c21. The monoisotopic (exact) mass is 167 g/mol. The Morgan fingerprint density at radius 1 is 1.75 bits per heavy atom. The van der Waals surface area contributed by atoms with Crippen molar-refractivity contribution in [3.63, 3.8) is 0 Å².